The fourth-order valence-corrected chi connectivity index (χ4v) is 3.02. The van der Waals surface area contributed by atoms with E-state index in [0.717, 1.165) is 33.9 Å². The molecule has 116 valence electrons. The van der Waals surface area contributed by atoms with Gasteiger partial charge in [-0.3, -0.25) is 4.79 Å². The van der Waals surface area contributed by atoms with Gasteiger partial charge < -0.3 is 14.0 Å². The van der Waals surface area contributed by atoms with E-state index in [2.05, 4.69) is 6.07 Å². The highest BCUT2D eigenvalue weighted by atomic mass is 16.5. The number of anilines is 1. The molecule has 0 radical (unpaired) electrons. The summed E-state index contributed by atoms with van der Waals surface area (Å²) in [6, 6.07) is 9.92. The number of carbonyl (C=O) groups excluding carboxylic acids is 1. The van der Waals surface area contributed by atoms with Crippen LogP contribution in [-0.2, 0) is 11.2 Å². The van der Waals surface area contributed by atoms with Crippen molar-refractivity contribution in [1.29, 1.82) is 0 Å². The molecule has 0 bridgehead atoms. The predicted molar refractivity (Wildman–Crippen MR) is 88.9 cm³/mol. The minimum Gasteiger partial charge on any atom is -0.490 e. The van der Waals surface area contributed by atoms with Crippen molar-refractivity contribution in [2.24, 2.45) is 0 Å². The Balaban J connectivity index is 1.80. The molecule has 0 saturated carbocycles. The Morgan fingerprint density at radius 1 is 1.30 bits per heavy atom. The smallest absolute Gasteiger partial charge is 0.231 e. The lowest BCUT2D eigenvalue weighted by atomic mass is 10.1. The summed E-state index contributed by atoms with van der Waals surface area (Å²) in [5.41, 5.74) is 4.73. The summed E-state index contributed by atoms with van der Waals surface area (Å²) in [5, 5.41) is 0. The maximum atomic E-state index is 11.8. The zero-order valence-corrected chi connectivity index (χ0v) is 13.1. The molecule has 1 aliphatic heterocycles. The molecule has 1 aromatic carbocycles. The Bertz CT molecular complexity index is 914. The maximum Gasteiger partial charge on any atom is 0.231 e. The number of rotatable bonds is 3. The summed E-state index contributed by atoms with van der Waals surface area (Å²) in [6.45, 7) is 2.57. The first-order chi connectivity index (χ1) is 11.2. The van der Waals surface area contributed by atoms with Gasteiger partial charge in [0.05, 0.1) is 18.7 Å². The van der Waals surface area contributed by atoms with E-state index in [0.29, 0.717) is 13.0 Å². The first-order valence-corrected chi connectivity index (χ1v) is 7.67. The molecule has 1 amide bonds. The molecule has 0 fully saturated rings. The Kier molecular flexibility index (Phi) is 3.08. The first kappa shape index (κ1) is 13.8. The number of carbonyl (C=O) groups is 1. The van der Waals surface area contributed by atoms with Crippen LogP contribution in [0.15, 0.2) is 42.7 Å². The number of aromatic nitrogens is 2. The number of imidazole rings is 1. The van der Waals surface area contributed by atoms with E-state index in [9.17, 15) is 4.79 Å². The summed E-state index contributed by atoms with van der Waals surface area (Å²) in [4.78, 5) is 18.2. The number of hydrogen-bond donors (Lipinski definition) is 0. The third kappa shape index (κ3) is 2.16. The van der Waals surface area contributed by atoms with Gasteiger partial charge in [-0.05, 0) is 36.8 Å². The normalized spacial score (nSPS) is 13.7. The molecule has 0 spiro atoms. The van der Waals surface area contributed by atoms with Crippen molar-refractivity contribution in [3.63, 3.8) is 0 Å². The van der Waals surface area contributed by atoms with Gasteiger partial charge in [0.2, 0.25) is 5.91 Å². The van der Waals surface area contributed by atoms with Gasteiger partial charge in [0, 0.05) is 30.7 Å². The zero-order valence-electron chi connectivity index (χ0n) is 13.1. The number of hydrogen-bond acceptors (Lipinski definition) is 3. The standard InChI is InChI=1S/C18H17N3O2/c1-3-23-16-5-4-8-21-11-14(19-18(16)21)12-6-7-15-13(9-12)10-17(22)20(15)2/h4-9,11H,3,10H2,1-2H3. The molecule has 1 aliphatic rings. The van der Waals surface area contributed by atoms with Crippen LogP contribution >= 0.6 is 0 Å². The molecule has 0 N–H and O–H groups in total. The minimum absolute atomic E-state index is 0.130. The monoisotopic (exact) mass is 307 g/mol. The highest BCUT2D eigenvalue weighted by Crippen LogP contribution is 2.32. The van der Waals surface area contributed by atoms with E-state index in [4.69, 9.17) is 9.72 Å². The Morgan fingerprint density at radius 2 is 2.17 bits per heavy atom. The van der Waals surface area contributed by atoms with E-state index in [-0.39, 0.29) is 5.91 Å². The van der Waals surface area contributed by atoms with Crippen molar-refractivity contribution in [2.45, 2.75) is 13.3 Å². The van der Waals surface area contributed by atoms with Crippen molar-refractivity contribution in [3.05, 3.63) is 48.3 Å². The van der Waals surface area contributed by atoms with E-state index in [1.54, 1.807) is 4.90 Å². The average Bonchev–Trinajstić information content (AvgIpc) is 3.10. The van der Waals surface area contributed by atoms with Crippen molar-refractivity contribution < 1.29 is 9.53 Å². The molecule has 4 rings (SSSR count). The molecular weight excluding hydrogens is 290 g/mol. The molecule has 3 heterocycles. The lowest BCUT2D eigenvalue weighted by Gasteiger charge is -2.09. The molecule has 5 nitrogen and oxygen atoms in total. The van der Waals surface area contributed by atoms with Gasteiger partial charge in [0.15, 0.2) is 11.4 Å². The third-order valence-corrected chi connectivity index (χ3v) is 4.20. The van der Waals surface area contributed by atoms with Gasteiger partial charge in [-0.25, -0.2) is 4.98 Å². The number of ether oxygens (including phenoxy) is 1. The van der Waals surface area contributed by atoms with Gasteiger partial charge >= 0.3 is 0 Å². The summed E-state index contributed by atoms with van der Waals surface area (Å²) in [7, 11) is 1.81. The van der Waals surface area contributed by atoms with Crippen molar-refractivity contribution >= 4 is 17.2 Å². The Labute approximate surface area is 134 Å². The minimum atomic E-state index is 0.130. The second kappa shape index (κ2) is 5.12. The highest BCUT2D eigenvalue weighted by Gasteiger charge is 2.24. The third-order valence-electron chi connectivity index (χ3n) is 4.20. The van der Waals surface area contributed by atoms with Crippen LogP contribution in [0.5, 0.6) is 5.75 Å². The zero-order chi connectivity index (χ0) is 16.0. The topological polar surface area (TPSA) is 46.8 Å². The second-order valence-corrected chi connectivity index (χ2v) is 5.64. The number of benzene rings is 1. The maximum absolute atomic E-state index is 11.8. The van der Waals surface area contributed by atoms with Gasteiger partial charge in [-0.15, -0.1) is 0 Å². The van der Waals surface area contributed by atoms with E-state index in [1.807, 2.05) is 55.0 Å². The molecule has 5 heteroatoms. The average molecular weight is 307 g/mol. The van der Waals surface area contributed by atoms with Gasteiger partial charge in [0.25, 0.3) is 0 Å². The quantitative estimate of drug-likeness (QED) is 0.747. The summed E-state index contributed by atoms with van der Waals surface area (Å²) in [6.07, 6.45) is 4.40. The molecule has 3 aromatic rings. The number of fused-ring (bicyclic) bond motifs is 2. The van der Waals surface area contributed by atoms with Gasteiger partial charge in [-0.1, -0.05) is 6.07 Å². The fraction of sp³-hybridized carbons (Fsp3) is 0.222. The molecule has 23 heavy (non-hydrogen) atoms. The van der Waals surface area contributed by atoms with Crippen LogP contribution in [0.3, 0.4) is 0 Å². The van der Waals surface area contributed by atoms with Crippen molar-refractivity contribution in [3.8, 4) is 17.0 Å². The van der Waals surface area contributed by atoms with Crippen LogP contribution in [0.25, 0.3) is 16.9 Å². The summed E-state index contributed by atoms with van der Waals surface area (Å²) in [5.74, 6) is 0.906. The van der Waals surface area contributed by atoms with Crippen LogP contribution in [0.4, 0.5) is 5.69 Å². The second-order valence-electron chi connectivity index (χ2n) is 5.64. The number of nitrogens with zero attached hydrogens (tertiary/aromatic N) is 3. The van der Waals surface area contributed by atoms with E-state index >= 15 is 0 Å². The van der Waals surface area contributed by atoms with Gasteiger partial charge in [0.1, 0.15) is 0 Å². The molecule has 0 unspecified atom stereocenters. The van der Waals surface area contributed by atoms with E-state index in [1.165, 1.54) is 0 Å². The number of pyridine rings is 1. The lowest BCUT2D eigenvalue weighted by Crippen LogP contribution is -2.20. The predicted octanol–water partition coefficient (Wildman–Crippen LogP) is 2.92. The van der Waals surface area contributed by atoms with Crippen molar-refractivity contribution in [2.75, 3.05) is 18.6 Å². The molecule has 0 aliphatic carbocycles. The SMILES string of the molecule is CCOc1cccn2cc(-c3ccc4c(c3)CC(=O)N4C)nc12. The van der Waals surface area contributed by atoms with Crippen LogP contribution in [-0.4, -0.2) is 28.9 Å². The lowest BCUT2D eigenvalue weighted by molar-refractivity contribution is -0.117. The molecule has 0 atom stereocenters. The molecular formula is C18H17N3O2. The van der Waals surface area contributed by atoms with Crippen LogP contribution in [0.2, 0.25) is 0 Å². The Hall–Kier alpha value is -2.82. The summed E-state index contributed by atoms with van der Waals surface area (Å²) >= 11 is 0. The molecule has 0 saturated heterocycles. The van der Waals surface area contributed by atoms with Crippen LogP contribution in [0.1, 0.15) is 12.5 Å². The number of likely N-dealkylation sites (N-methyl/N-ethyl adjacent to an activating group) is 1. The largest absolute Gasteiger partial charge is 0.490 e. The van der Waals surface area contributed by atoms with Crippen LogP contribution < -0.4 is 9.64 Å². The van der Waals surface area contributed by atoms with Crippen molar-refractivity contribution in [1.82, 2.24) is 9.38 Å². The molecule has 2 aromatic heterocycles. The summed E-state index contributed by atoms with van der Waals surface area (Å²) < 4.78 is 7.60. The van der Waals surface area contributed by atoms with Gasteiger partial charge in [-0.2, -0.15) is 0 Å². The van der Waals surface area contributed by atoms with Crippen LogP contribution in [0, 0.1) is 0 Å². The first-order valence-electron chi connectivity index (χ1n) is 7.67. The van der Waals surface area contributed by atoms with E-state index < -0.39 is 0 Å². The Morgan fingerprint density at radius 3 is 3.00 bits per heavy atom. The fourth-order valence-electron chi connectivity index (χ4n) is 3.02. The highest BCUT2D eigenvalue weighted by molar-refractivity contribution is 6.01. The number of amides is 1.